The fraction of sp³-hybridized carbons (Fsp3) is 0.857. The van der Waals surface area contributed by atoms with Gasteiger partial charge in [0, 0.05) is 19.6 Å². The largest absolute Gasteiger partial charge is 0.480 e. The van der Waals surface area contributed by atoms with Crippen molar-refractivity contribution in [3.63, 3.8) is 0 Å². The van der Waals surface area contributed by atoms with Crippen molar-refractivity contribution in [3.05, 3.63) is 0 Å². The summed E-state index contributed by atoms with van der Waals surface area (Å²) in [7, 11) is 0. The third-order valence-electron chi connectivity index (χ3n) is 3.38. The van der Waals surface area contributed by atoms with Crippen molar-refractivity contribution in [1.29, 1.82) is 0 Å². The van der Waals surface area contributed by atoms with Gasteiger partial charge in [0.05, 0.1) is 0 Å². The van der Waals surface area contributed by atoms with E-state index in [0.29, 0.717) is 25.6 Å². The van der Waals surface area contributed by atoms with E-state index in [2.05, 4.69) is 13.8 Å². The van der Waals surface area contributed by atoms with Crippen molar-refractivity contribution in [2.24, 2.45) is 5.92 Å². The smallest absolute Gasteiger partial charge is 0.323 e. The quantitative estimate of drug-likeness (QED) is 0.702. The number of carboxylic acid groups (broad SMARTS) is 1. The summed E-state index contributed by atoms with van der Waals surface area (Å²) in [6.07, 6.45) is 2.83. The fourth-order valence-corrected chi connectivity index (χ4v) is 2.08. The van der Waals surface area contributed by atoms with Gasteiger partial charge in [0.25, 0.3) is 0 Å². The van der Waals surface area contributed by atoms with Crippen molar-refractivity contribution >= 4 is 12.0 Å². The maximum absolute atomic E-state index is 12.4. The summed E-state index contributed by atoms with van der Waals surface area (Å²) in [4.78, 5) is 26.4. The summed E-state index contributed by atoms with van der Waals surface area (Å²) in [5.74, 6) is -0.474. The first-order valence-corrected chi connectivity index (χ1v) is 7.25. The lowest BCUT2D eigenvalue weighted by molar-refractivity contribution is -0.137. The third kappa shape index (κ3) is 6.45. The van der Waals surface area contributed by atoms with Gasteiger partial charge in [-0.1, -0.05) is 33.6 Å². The third-order valence-corrected chi connectivity index (χ3v) is 3.38. The molecule has 2 amide bonds. The molecule has 5 nitrogen and oxygen atoms in total. The lowest BCUT2D eigenvalue weighted by Gasteiger charge is -2.31. The maximum Gasteiger partial charge on any atom is 0.323 e. The molecule has 0 spiro atoms. The molecule has 0 fully saturated rings. The molecule has 0 atom stereocenters. The number of nitrogens with zero attached hydrogens (tertiary/aromatic N) is 2. The van der Waals surface area contributed by atoms with Crippen LogP contribution in [0.3, 0.4) is 0 Å². The zero-order valence-corrected chi connectivity index (χ0v) is 12.7. The van der Waals surface area contributed by atoms with Gasteiger partial charge >= 0.3 is 12.0 Å². The number of hydrogen-bond acceptors (Lipinski definition) is 2. The normalized spacial score (nSPS) is 10.6. The molecular weight excluding hydrogens is 244 g/mol. The van der Waals surface area contributed by atoms with E-state index in [1.807, 2.05) is 13.8 Å². The molecule has 0 rings (SSSR count). The zero-order chi connectivity index (χ0) is 14.8. The predicted octanol–water partition coefficient (Wildman–Crippen LogP) is 2.66. The molecule has 0 saturated heterocycles. The van der Waals surface area contributed by atoms with Crippen molar-refractivity contribution < 1.29 is 14.7 Å². The molecule has 19 heavy (non-hydrogen) atoms. The average molecular weight is 272 g/mol. The van der Waals surface area contributed by atoms with Crippen LogP contribution in [0.4, 0.5) is 4.79 Å². The van der Waals surface area contributed by atoms with Crippen molar-refractivity contribution in [2.45, 2.75) is 47.0 Å². The first-order valence-electron chi connectivity index (χ1n) is 7.25. The molecule has 112 valence electrons. The van der Waals surface area contributed by atoms with E-state index in [4.69, 9.17) is 5.11 Å². The highest BCUT2D eigenvalue weighted by atomic mass is 16.4. The van der Waals surface area contributed by atoms with Crippen LogP contribution in [0.2, 0.25) is 0 Å². The Labute approximate surface area is 116 Å². The lowest BCUT2D eigenvalue weighted by Crippen LogP contribution is -2.47. The van der Waals surface area contributed by atoms with Gasteiger partial charge in [-0.2, -0.15) is 0 Å². The highest BCUT2D eigenvalue weighted by Crippen LogP contribution is 2.11. The number of carbonyl (C=O) groups excluding carboxylic acids is 1. The Balaban J connectivity index is 4.70. The summed E-state index contributed by atoms with van der Waals surface area (Å²) in [6.45, 7) is 9.72. The summed E-state index contributed by atoms with van der Waals surface area (Å²) in [6, 6.07) is -0.154. The summed E-state index contributed by atoms with van der Waals surface area (Å²) < 4.78 is 0. The van der Waals surface area contributed by atoms with E-state index < -0.39 is 5.97 Å². The van der Waals surface area contributed by atoms with Crippen LogP contribution in [0, 0.1) is 5.92 Å². The average Bonchev–Trinajstić information content (AvgIpc) is 2.38. The standard InChI is InChI=1S/C14H28N2O3/c1-5-9-16(11-13(17)18)14(19)15(8-4)10-12(6-2)7-3/h12H,5-11H2,1-4H3,(H,17,18). The minimum Gasteiger partial charge on any atom is -0.480 e. The van der Waals surface area contributed by atoms with Gasteiger partial charge in [-0.05, 0) is 19.3 Å². The minimum absolute atomic E-state index is 0.154. The second-order valence-electron chi connectivity index (χ2n) is 4.82. The second kappa shape index (κ2) is 9.64. The molecule has 0 aliphatic rings. The molecule has 0 aromatic carbocycles. The van der Waals surface area contributed by atoms with Gasteiger partial charge in [0.1, 0.15) is 6.54 Å². The van der Waals surface area contributed by atoms with Crippen LogP contribution in [-0.4, -0.2) is 53.1 Å². The molecule has 0 unspecified atom stereocenters. The lowest BCUT2D eigenvalue weighted by atomic mass is 10.0. The molecule has 0 saturated carbocycles. The number of carbonyl (C=O) groups is 2. The van der Waals surface area contributed by atoms with Crippen LogP contribution in [0.15, 0.2) is 0 Å². The Kier molecular flexibility index (Phi) is 9.00. The van der Waals surface area contributed by atoms with Crippen LogP contribution >= 0.6 is 0 Å². The Morgan fingerprint density at radius 3 is 2.00 bits per heavy atom. The number of carboxylic acids is 1. The second-order valence-corrected chi connectivity index (χ2v) is 4.82. The SMILES string of the molecule is CCCN(CC(=O)O)C(=O)N(CC)CC(CC)CC. The molecule has 0 aliphatic heterocycles. The molecule has 0 aromatic heterocycles. The topological polar surface area (TPSA) is 60.9 Å². The number of amides is 2. The molecular formula is C14H28N2O3. The van der Waals surface area contributed by atoms with Crippen molar-refractivity contribution in [3.8, 4) is 0 Å². The Morgan fingerprint density at radius 2 is 1.63 bits per heavy atom. The molecule has 0 aromatic rings. The van der Waals surface area contributed by atoms with E-state index in [0.717, 1.165) is 19.3 Å². The van der Waals surface area contributed by atoms with Gasteiger partial charge in [-0.25, -0.2) is 4.79 Å². The molecule has 0 aliphatic carbocycles. The van der Waals surface area contributed by atoms with E-state index in [9.17, 15) is 9.59 Å². The van der Waals surface area contributed by atoms with Crippen LogP contribution in [0.5, 0.6) is 0 Å². The Hall–Kier alpha value is -1.26. The van der Waals surface area contributed by atoms with Crippen molar-refractivity contribution in [2.75, 3.05) is 26.2 Å². The maximum atomic E-state index is 12.4. The number of urea groups is 1. The van der Waals surface area contributed by atoms with Gasteiger partial charge in [0.15, 0.2) is 0 Å². The van der Waals surface area contributed by atoms with Crippen LogP contribution in [0.25, 0.3) is 0 Å². The highest BCUT2D eigenvalue weighted by Gasteiger charge is 2.22. The number of aliphatic carboxylic acids is 1. The monoisotopic (exact) mass is 272 g/mol. The first kappa shape index (κ1) is 17.7. The van der Waals surface area contributed by atoms with Crippen LogP contribution in [0.1, 0.15) is 47.0 Å². The number of hydrogen-bond donors (Lipinski definition) is 1. The fourth-order valence-electron chi connectivity index (χ4n) is 2.08. The summed E-state index contributed by atoms with van der Waals surface area (Å²) >= 11 is 0. The molecule has 0 heterocycles. The van der Waals surface area contributed by atoms with E-state index in [1.54, 1.807) is 4.90 Å². The summed E-state index contributed by atoms with van der Waals surface area (Å²) in [5.41, 5.74) is 0. The summed E-state index contributed by atoms with van der Waals surface area (Å²) in [5, 5.41) is 8.88. The van der Waals surface area contributed by atoms with Gasteiger partial charge < -0.3 is 14.9 Å². The Morgan fingerprint density at radius 1 is 1.05 bits per heavy atom. The molecule has 0 bridgehead atoms. The molecule has 0 radical (unpaired) electrons. The predicted molar refractivity (Wildman–Crippen MR) is 76.2 cm³/mol. The molecule has 1 N–H and O–H groups in total. The van der Waals surface area contributed by atoms with Crippen LogP contribution < -0.4 is 0 Å². The number of rotatable bonds is 9. The van der Waals surface area contributed by atoms with Gasteiger partial charge in [-0.15, -0.1) is 0 Å². The Bertz CT molecular complexity index is 278. The first-order chi connectivity index (χ1) is 8.99. The zero-order valence-electron chi connectivity index (χ0n) is 12.7. The van der Waals surface area contributed by atoms with E-state index >= 15 is 0 Å². The van der Waals surface area contributed by atoms with Gasteiger partial charge in [0.2, 0.25) is 0 Å². The van der Waals surface area contributed by atoms with Crippen molar-refractivity contribution in [1.82, 2.24) is 9.80 Å². The van der Waals surface area contributed by atoms with E-state index in [-0.39, 0.29) is 12.6 Å². The van der Waals surface area contributed by atoms with E-state index in [1.165, 1.54) is 4.90 Å². The highest BCUT2D eigenvalue weighted by molar-refractivity contribution is 5.80. The van der Waals surface area contributed by atoms with Gasteiger partial charge in [-0.3, -0.25) is 4.79 Å². The minimum atomic E-state index is -0.958. The molecule has 5 heteroatoms. The van der Waals surface area contributed by atoms with Crippen LogP contribution in [-0.2, 0) is 4.79 Å².